The van der Waals surface area contributed by atoms with Crippen LogP contribution in [0.3, 0.4) is 0 Å². The van der Waals surface area contributed by atoms with Crippen molar-refractivity contribution in [2.45, 2.75) is 13.2 Å². The van der Waals surface area contributed by atoms with Crippen LogP contribution in [0.4, 0.5) is 0 Å². The molecule has 0 fully saturated rings. The van der Waals surface area contributed by atoms with E-state index >= 15 is 0 Å². The van der Waals surface area contributed by atoms with E-state index in [2.05, 4.69) is 0 Å². The van der Waals surface area contributed by atoms with Crippen LogP contribution in [0.25, 0.3) is 0 Å². The van der Waals surface area contributed by atoms with Gasteiger partial charge in [0.25, 0.3) is 0 Å². The smallest absolute Gasteiger partial charge is 0.0696 e. The van der Waals surface area contributed by atoms with Gasteiger partial charge in [0.1, 0.15) is 0 Å². The van der Waals surface area contributed by atoms with Gasteiger partial charge in [-0.05, 0) is 29.3 Å². The molecule has 2 aromatic carbocycles. The number of benzene rings is 2. The van der Waals surface area contributed by atoms with Gasteiger partial charge in [-0.15, -0.1) is 0 Å². The highest BCUT2D eigenvalue weighted by Gasteiger charge is 2.01. The van der Waals surface area contributed by atoms with Gasteiger partial charge in [0.05, 0.1) is 33.3 Å². The molecule has 0 unspecified atom stereocenters. The SMILES string of the molecule is OCc1ccc(Cl)c(Cl)c1.OCc1cccc(Cl)c1Cl. The van der Waals surface area contributed by atoms with Gasteiger partial charge < -0.3 is 10.2 Å². The molecule has 6 heteroatoms. The van der Waals surface area contributed by atoms with Crippen molar-refractivity contribution in [2.24, 2.45) is 0 Å². The molecule has 0 amide bonds. The molecule has 2 rings (SSSR count). The first kappa shape index (κ1) is 17.6. The minimum absolute atomic E-state index is 0.00309. The van der Waals surface area contributed by atoms with Crippen molar-refractivity contribution in [3.05, 3.63) is 67.6 Å². The van der Waals surface area contributed by atoms with E-state index in [0.717, 1.165) is 5.56 Å². The van der Waals surface area contributed by atoms with E-state index < -0.39 is 0 Å². The van der Waals surface area contributed by atoms with E-state index in [1.54, 1.807) is 36.4 Å². The maximum Gasteiger partial charge on any atom is 0.0696 e. The number of aliphatic hydroxyl groups excluding tert-OH is 2. The molecule has 0 aromatic heterocycles. The molecule has 108 valence electrons. The third-order valence-electron chi connectivity index (χ3n) is 2.37. The topological polar surface area (TPSA) is 40.5 Å². The van der Waals surface area contributed by atoms with Crippen molar-refractivity contribution in [2.75, 3.05) is 0 Å². The Kier molecular flexibility index (Phi) is 7.67. The lowest BCUT2D eigenvalue weighted by Gasteiger charge is -1.99. The maximum absolute atomic E-state index is 8.70. The van der Waals surface area contributed by atoms with Crippen LogP contribution in [0.5, 0.6) is 0 Å². The summed E-state index contributed by atoms with van der Waals surface area (Å²) in [4.78, 5) is 0. The highest BCUT2D eigenvalue weighted by molar-refractivity contribution is 6.42. The predicted octanol–water partition coefficient (Wildman–Crippen LogP) is 4.97. The minimum Gasteiger partial charge on any atom is -0.392 e. The Bertz CT molecular complexity index is 573. The minimum atomic E-state index is -0.0700. The zero-order valence-electron chi connectivity index (χ0n) is 10.3. The zero-order chi connectivity index (χ0) is 15.1. The first-order valence-electron chi connectivity index (χ1n) is 5.58. The fraction of sp³-hybridized carbons (Fsp3) is 0.143. The molecule has 20 heavy (non-hydrogen) atoms. The Balaban J connectivity index is 0.000000200. The molecule has 0 aliphatic rings. The van der Waals surface area contributed by atoms with Crippen LogP contribution in [0.15, 0.2) is 36.4 Å². The first-order valence-corrected chi connectivity index (χ1v) is 7.09. The van der Waals surface area contributed by atoms with Crippen molar-refractivity contribution in [3.8, 4) is 0 Å². The molecule has 0 saturated heterocycles. The molecule has 2 N–H and O–H groups in total. The summed E-state index contributed by atoms with van der Waals surface area (Å²) in [6.45, 7) is -0.0731. The van der Waals surface area contributed by atoms with E-state index in [9.17, 15) is 0 Å². The number of hydrogen-bond acceptors (Lipinski definition) is 2. The van der Waals surface area contributed by atoms with E-state index in [1.165, 1.54) is 0 Å². The average Bonchev–Trinajstić information content (AvgIpc) is 2.45. The molecule has 0 radical (unpaired) electrons. The Morgan fingerprint density at radius 1 is 0.750 bits per heavy atom. The van der Waals surface area contributed by atoms with Crippen molar-refractivity contribution in [1.82, 2.24) is 0 Å². The normalized spacial score (nSPS) is 9.90. The van der Waals surface area contributed by atoms with E-state index in [-0.39, 0.29) is 13.2 Å². The molecule has 2 nitrogen and oxygen atoms in total. The second-order valence-corrected chi connectivity index (χ2v) is 5.38. The average molecular weight is 354 g/mol. The molecule has 0 aliphatic heterocycles. The van der Waals surface area contributed by atoms with Crippen molar-refractivity contribution in [3.63, 3.8) is 0 Å². The van der Waals surface area contributed by atoms with Gasteiger partial charge in [0, 0.05) is 0 Å². The second kappa shape index (κ2) is 8.73. The lowest BCUT2D eigenvalue weighted by molar-refractivity contribution is 0.281. The summed E-state index contributed by atoms with van der Waals surface area (Å²) in [5.74, 6) is 0. The predicted molar refractivity (Wildman–Crippen MR) is 84.8 cm³/mol. The van der Waals surface area contributed by atoms with Gasteiger partial charge in [-0.25, -0.2) is 0 Å². The highest BCUT2D eigenvalue weighted by atomic mass is 35.5. The summed E-state index contributed by atoms with van der Waals surface area (Å²) in [6.07, 6.45) is 0. The Labute approximate surface area is 137 Å². The number of aliphatic hydroxyl groups is 2. The number of hydrogen-bond donors (Lipinski definition) is 2. The third kappa shape index (κ3) is 5.13. The standard InChI is InChI=1S/2C7H6Cl2O/c8-6-2-1-5(4-10)3-7(6)9;8-6-3-1-2-5(4-10)7(6)9/h2*1-3,10H,4H2. The Hall–Kier alpha value is -0.480. The van der Waals surface area contributed by atoms with Crippen LogP contribution in [0.2, 0.25) is 20.1 Å². The molecular weight excluding hydrogens is 342 g/mol. The van der Waals surface area contributed by atoms with Crippen LogP contribution in [-0.4, -0.2) is 10.2 Å². The molecule has 0 spiro atoms. The Morgan fingerprint density at radius 3 is 1.95 bits per heavy atom. The monoisotopic (exact) mass is 352 g/mol. The third-order valence-corrected chi connectivity index (χ3v) is 3.97. The second-order valence-electron chi connectivity index (χ2n) is 3.78. The van der Waals surface area contributed by atoms with Crippen LogP contribution in [0, 0.1) is 0 Å². The highest BCUT2D eigenvalue weighted by Crippen LogP contribution is 2.25. The van der Waals surface area contributed by atoms with Gasteiger partial charge >= 0.3 is 0 Å². The summed E-state index contributed by atoms with van der Waals surface area (Å²) in [6, 6.07) is 10.2. The van der Waals surface area contributed by atoms with Gasteiger partial charge in [-0.3, -0.25) is 0 Å². The van der Waals surface area contributed by atoms with Crippen LogP contribution in [-0.2, 0) is 13.2 Å². The summed E-state index contributed by atoms with van der Waals surface area (Å²) in [5.41, 5.74) is 1.43. The van der Waals surface area contributed by atoms with Crippen molar-refractivity contribution >= 4 is 46.4 Å². The fourth-order valence-electron chi connectivity index (χ4n) is 1.31. The lowest BCUT2D eigenvalue weighted by atomic mass is 10.2. The largest absolute Gasteiger partial charge is 0.392 e. The molecular formula is C14H12Cl4O2. The molecule has 0 aliphatic carbocycles. The summed E-state index contributed by atoms with van der Waals surface area (Å²) >= 11 is 22.6. The quantitative estimate of drug-likeness (QED) is 0.799. The Morgan fingerprint density at radius 2 is 1.45 bits per heavy atom. The lowest BCUT2D eigenvalue weighted by Crippen LogP contribution is -1.83. The summed E-state index contributed by atoms with van der Waals surface area (Å²) < 4.78 is 0. The number of rotatable bonds is 2. The van der Waals surface area contributed by atoms with Crippen LogP contribution >= 0.6 is 46.4 Å². The molecule has 0 bridgehead atoms. The van der Waals surface area contributed by atoms with Crippen molar-refractivity contribution in [1.29, 1.82) is 0 Å². The summed E-state index contributed by atoms with van der Waals surface area (Å²) in [5, 5.41) is 19.3. The number of halogens is 4. The maximum atomic E-state index is 8.70. The van der Waals surface area contributed by atoms with Crippen LogP contribution < -0.4 is 0 Å². The van der Waals surface area contributed by atoms with Gasteiger partial charge in [-0.2, -0.15) is 0 Å². The van der Waals surface area contributed by atoms with E-state index in [1.807, 2.05) is 0 Å². The first-order chi connectivity index (χ1) is 9.49. The van der Waals surface area contributed by atoms with Crippen LogP contribution in [0.1, 0.15) is 11.1 Å². The molecule has 0 atom stereocenters. The molecule has 2 aromatic rings. The van der Waals surface area contributed by atoms with Gasteiger partial charge in [-0.1, -0.05) is 64.6 Å². The van der Waals surface area contributed by atoms with Crippen molar-refractivity contribution < 1.29 is 10.2 Å². The summed E-state index contributed by atoms with van der Waals surface area (Å²) in [7, 11) is 0. The van der Waals surface area contributed by atoms with Gasteiger partial charge in [0.2, 0.25) is 0 Å². The molecule has 0 heterocycles. The zero-order valence-corrected chi connectivity index (χ0v) is 13.3. The molecule has 0 saturated carbocycles. The van der Waals surface area contributed by atoms with E-state index in [4.69, 9.17) is 56.6 Å². The van der Waals surface area contributed by atoms with E-state index in [0.29, 0.717) is 25.7 Å². The fourth-order valence-corrected chi connectivity index (χ4v) is 2.01. The van der Waals surface area contributed by atoms with Gasteiger partial charge in [0.15, 0.2) is 0 Å².